The zero-order valence-electron chi connectivity index (χ0n) is 5.20. The van der Waals surface area contributed by atoms with Crippen LogP contribution in [0.15, 0.2) is 6.07 Å². The Morgan fingerprint density at radius 2 is 1.91 bits per heavy atom. The highest BCUT2D eigenvalue weighted by molar-refractivity contribution is 6.62. The molecule has 0 saturated heterocycles. The topological polar surface area (TPSA) is 66.2 Å². The molecule has 0 atom stereocenters. The van der Waals surface area contributed by atoms with E-state index in [0.29, 0.717) is 0 Å². The first kappa shape index (κ1) is 8.74. The van der Waals surface area contributed by atoms with Gasteiger partial charge in [-0.15, -0.1) is 10.2 Å². The summed E-state index contributed by atoms with van der Waals surface area (Å²) in [6.07, 6.45) is 0. The highest BCUT2D eigenvalue weighted by atomic mass is 35.5. The van der Waals surface area contributed by atoms with Gasteiger partial charge in [0.05, 0.1) is 0 Å². The molecule has 0 aliphatic heterocycles. The van der Waals surface area contributed by atoms with Crippen molar-refractivity contribution >= 4 is 35.8 Å². The van der Waals surface area contributed by atoms with Crippen molar-refractivity contribution in [1.29, 1.82) is 0 Å². The number of aromatic nitrogens is 2. The molecule has 7 heteroatoms. The van der Waals surface area contributed by atoms with Gasteiger partial charge in [0.1, 0.15) is 0 Å². The molecule has 0 aliphatic carbocycles. The Kier molecular flexibility index (Phi) is 2.67. The van der Waals surface area contributed by atoms with Crippen molar-refractivity contribution < 1.29 is 10.0 Å². The molecule has 4 nitrogen and oxygen atoms in total. The average Bonchev–Trinajstić information content (AvgIpc) is 1.94. The van der Waals surface area contributed by atoms with Crippen molar-refractivity contribution in [3.8, 4) is 0 Å². The molecule has 2 N–H and O–H groups in total. The molecule has 11 heavy (non-hydrogen) atoms. The zero-order chi connectivity index (χ0) is 8.43. The predicted molar refractivity (Wildman–Crippen MR) is 41.9 cm³/mol. The Bertz CT molecular complexity index is 270. The zero-order valence-corrected chi connectivity index (χ0v) is 6.71. The van der Waals surface area contributed by atoms with Crippen molar-refractivity contribution in [2.24, 2.45) is 0 Å². The van der Waals surface area contributed by atoms with E-state index in [2.05, 4.69) is 10.2 Å². The van der Waals surface area contributed by atoms with Gasteiger partial charge in [0.25, 0.3) is 0 Å². The van der Waals surface area contributed by atoms with Gasteiger partial charge in [-0.25, -0.2) is 0 Å². The second-order valence-electron chi connectivity index (χ2n) is 1.79. The van der Waals surface area contributed by atoms with Crippen molar-refractivity contribution in [1.82, 2.24) is 10.2 Å². The summed E-state index contributed by atoms with van der Waals surface area (Å²) in [6, 6.07) is 1.24. The van der Waals surface area contributed by atoms with Gasteiger partial charge in [-0.3, -0.25) is 0 Å². The summed E-state index contributed by atoms with van der Waals surface area (Å²) in [7, 11) is -1.67. The Morgan fingerprint density at radius 1 is 1.27 bits per heavy atom. The first-order valence-corrected chi connectivity index (χ1v) is 3.41. The molecule has 0 aromatic carbocycles. The smallest absolute Gasteiger partial charge is 0.423 e. The van der Waals surface area contributed by atoms with Crippen LogP contribution in [0.4, 0.5) is 0 Å². The van der Waals surface area contributed by atoms with Gasteiger partial charge in [0, 0.05) is 5.46 Å². The summed E-state index contributed by atoms with van der Waals surface area (Å²) < 4.78 is 0. The number of hydrogen-bond donors (Lipinski definition) is 2. The summed E-state index contributed by atoms with van der Waals surface area (Å²) in [5, 5.41) is 24.1. The van der Waals surface area contributed by atoms with Gasteiger partial charge < -0.3 is 10.0 Å². The molecule has 1 rings (SSSR count). The number of halogens is 2. The summed E-state index contributed by atoms with van der Waals surface area (Å²) in [4.78, 5) is 0. The monoisotopic (exact) mass is 192 g/mol. The van der Waals surface area contributed by atoms with E-state index in [1.807, 2.05) is 0 Å². The van der Waals surface area contributed by atoms with Crippen molar-refractivity contribution in [2.45, 2.75) is 0 Å². The molecule has 0 unspecified atom stereocenters. The van der Waals surface area contributed by atoms with Gasteiger partial charge in [0.2, 0.25) is 0 Å². The molecule has 58 valence electrons. The van der Waals surface area contributed by atoms with Gasteiger partial charge in [-0.2, -0.15) is 0 Å². The third-order valence-corrected chi connectivity index (χ3v) is 1.50. The van der Waals surface area contributed by atoms with Gasteiger partial charge in [-0.1, -0.05) is 23.2 Å². The van der Waals surface area contributed by atoms with E-state index in [4.69, 9.17) is 33.2 Å². The van der Waals surface area contributed by atoms with Crippen LogP contribution in [0.3, 0.4) is 0 Å². The first-order chi connectivity index (χ1) is 5.11. The highest BCUT2D eigenvalue weighted by Gasteiger charge is 2.16. The predicted octanol–water partition coefficient (Wildman–Crippen LogP) is -0.537. The Hall–Kier alpha value is -0.355. The van der Waals surface area contributed by atoms with Crippen LogP contribution in [0.2, 0.25) is 10.3 Å². The fraction of sp³-hybridized carbons (Fsp3) is 0. The second kappa shape index (κ2) is 3.36. The van der Waals surface area contributed by atoms with Crippen LogP contribution in [0.5, 0.6) is 0 Å². The van der Waals surface area contributed by atoms with E-state index in [-0.39, 0.29) is 15.8 Å². The van der Waals surface area contributed by atoms with Crippen molar-refractivity contribution in [3.05, 3.63) is 16.4 Å². The number of nitrogens with zero attached hydrogens (tertiary/aromatic N) is 2. The molecule has 0 bridgehead atoms. The lowest BCUT2D eigenvalue weighted by molar-refractivity contribution is 0.425. The summed E-state index contributed by atoms with van der Waals surface area (Å²) >= 11 is 10.8. The minimum absolute atomic E-state index is 0.0478. The summed E-state index contributed by atoms with van der Waals surface area (Å²) in [6.45, 7) is 0. The van der Waals surface area contributed by atoms with E-state index in [1.54, 1.807) is 0 Å². The molecule has 0 aliphatic rings. The van der Waals surface area contributed by atoms with Crippen molar-refractivity contribution in [2.75, 3.05) is 0 Å². The van der Waals surface area contributed by atoms with Gasteiger partial charge in [0.15, 0.2) is 10.3 Å². The normalized spacial score (nSPS) is 9.82. The van der Waals surface area contributed by atoms with Crippen LogP contribution in [0.25, 0.3) is 0 Å². The van der Waals surface area contributed by atoms with Crippen LogP contribution in [0.1, 0.15) is 0 Å². The van der Waals surface area contributed by atoms with E-state index < -0.39 is 7.12 Å². The molecule has 1 heterocycles. The number of rotatable bonds is 1. The van der Waals surface area contributed by atoms with Crippen LogP contribution < -0.4 is 5.46 Å². The molecule has 0 spiro atoms. The minimum atomic E-state index is -1.67. The third kappa shape index (κ3) is 2.03. The molecule has 0 fully saturated rings. The maximum Gasteiger partial charge on any atom is 0.491 e. The van der Waals surface area contributed by atoms with E-state index in [9.17, 15) is 0 Å². The van der Waals surface area contributed by atoms with E-state index >= 15 is 0 Å². The minimum Gasteiger partial charge on any atom is -0.423 e. The van der Waals surface area contributed by atoms with Crippen LogP contribution in [0, 0.1) is 0 Å². The standard InChI is InChI=1S/C4H3BCl2N2O2/c6-3-1-2(5(10)11)4(7)9-8-3/h1,10-11H. The van der Waals surface area contributed by atoms with Crippen molar-refractivity contribution in [3.63, 3.8) is 0 Å². The van der Waals surface area contributed by atoms with Gasteiger partial charge >= 0.3 is 7.12 Å². The van der Waals surface area contributed by atoms with E-state index in [1.165, 1.54) is 6.07 Å². The maximum atomic E-state index is 8.67. The quantitative estimate of drug-likeness (QED) is 0.587. The number of hydrogen-bond acceptors (Lipinski definition) is 4. The fourth-order valence-corrected chi connectivity index (χ4v) is 0.892. The highest BCUT2D eigenvalue weighted by Crippen LogP contribution is 2.04. The Labute approximate surface area is 72.9 Å². The van der Waals surface area contributed by atoms with Crippen LogP contribution >= 0.6 is 23.2 Å². The van der Waals surface area contributed by atoms with Crippen LogP contribution in [-0.4, -0.2) is 27.4 Å². The van der Waals surface area contributed by atoms with E-state index in [0.717, 1.165) is 0 Å². The maximum absolute atomic E-state index is 8.67. The van der Waals surface area contributed by atoms with Gasteiger partial charge in [-0.05, 0) is 6.07 Å². The molecule has 0 radical (unpaired) electrons. The lowest BCUT2D eigenvalue weighted by atomic mass is 9.82. The second-order valence-corrected chi connectivity index (χ2v) is 2.53. The molecule has 1 aromatic rings. The largest absolute Gasteiger partial charge is 0.491 e. The lowest BCUT2D eigenvalue weighted by Gasteiger charge is -1.99. The summed E-state index contributed by atoms with van der Waals surface area (Å²) in [5.74, 6) is 0. The summed E-state index contributed by atoms with van der Waals surface area (Å²) in [5.41, 5.74) is 0.0478. The average molecular weight is 193 g/mol. The SMILES string of the molecule is OB(O)c1cc(Cl)nnc1Cl. The first-order valence-electron chi connectivity index (χ1n) is 2.66. The third-order valence-electron chi connectivity index (χ3n) is 1.02. The molecular formula is C4H3BCl2N2O2. The Balaban J connectivity index is 3.13. The fourth-order valence-electron chi connectivity index (χ4n) is 0.547. The molecule has 0 saturated carbocycles. The molecular weight excluding hydrogens is 190 g/mol. The molecule has 1 aromatic heterocycles. The Morgan fingerprint density at radius 3 is 2.36 bits per heavy atom. The van der Waals surface area contributed by atoms with Crippen LogP contribution in [-0.2, 0) is 0 Å². The molecule has 0 amide bonds. The lowest BCUT2D eigenvalue weighted by Crippen LogP contribution is -2.31.